The summed E-state index contributed by atoms with van der Waals surface area (Å²) in [6.45, 7) is 7.38. The minimum atomic E-state index is -3.59. The molecule has 24 heavy (non-hydrogen) atoms. The Morgan fingerprint density at radius 3 is 2.17 bits per heavy atom. The Morgan fingerprint density at radius 1 is 1.04 bits per heavy atom. The summed E-state index contributed by atoms with van der Waals surface area (Å²) in [6, 6.07) is 9.89. The molecular weight excluding hydrogens is 324 g/mol. The molecule has 2 rings (SSSR count). The summed E-state index contributed by atoms with van der Waals surface area (Å²) in [5.41, 5.74) is 1.07. The summed E-state index contributed by atoms with van der Waals surface area (Å²) in [7, 11) is -3.59. The van der Waals surface area contributed by atoms with Gasteiger partial charge >= 0.3 is 0 Å². The van der Waals surface area contributed by atoms with E-state index in [4.69, 9.17) is 9.47 Å². The number of sulfone groups is 1. The fourth-order valence-corrected chi connectivity index (χ4v) is 3.92. The predicted molar refractivity (Wildman–Crippen MR) is 96.4 cm³/mol. The van der Waals surface area contributed by atoms with Crippen molar-refractivity contribution in [2.24, 2.45) is 0 Å². The van der Waals surface area contributed by atoms with Crippen molar-refractivity contribution in [3.63, 3.8) is 0 Å². The zero-order valence-corrected chi connectivity index (χ0v) is 15.7. The second-order valence-corrected chi connectivity index (χ2v) is 8.75. The van der Waals surface area contributed by atoms with Crippen molar-refractivity contribution in [1.82, 2.24) is 0 Å². The lowest BCUT2D eigenvalue weighted by atomic mass is 9.92. The third-order valence-corrected chi connectivity index (χ3v) is 5.24. The van der Waals surface area contributed by atoms with E-state index in [2.05, 4.69) is 0 Å². The molecule has 132 valence electrons. The van der Waals surface area contributed by atoms with Gasteiger partial charge in [0.2, 0.25) is 4.93 Å². The SMILES string of the molecule is CC(C)OC1=CC(c2ccccc2)C=CC1(OC(C)C)S(C)(=O)=O. The van der Waals surface area contributed by atoms with Crippen molar-refractivity contribution >= 4 is 9.84 Å². The molecule has 0 N–H and O–H groups in total. The molecule has 2 atom stereocenters. The number of rotatable bonds is 6. The number of ether oxygens (including phenoxy) is 2. The second-order valence-electron chi connectivity index (χ2n) is 6.60. The molecule has 0 heterocycles. The van der Waals surface area contributed by atoms with Crippen molar-refractivity contribution in [3.05, 3.63) is 59.9 Å². The van der Waals surface area contributed by atoms with E-state index in [1.807, 2.05) is 70.2 Å². The van der Waals surface area contributed by atoms with Crippen LogP contribution in [-0.2, 0) is 19.3 Å². The van der Waals surface area contributed by atoms with E-state index in [0.29, 0.717) is 5.76 Å². The van der Waals surface area contributed by atoms with E-state index >= 15 is 0 Å². The molecule has 0 aliphatic heterocycles. The Bertz CT molecular complexity index is 717. The molecule has 0 saturated carbocycles. The molecule has 0 saturated heterocycles. The normalized spacial score (nSPS) is 24.3. The van der Waals surface area contributed by atoms with Crippen molar-refractivity contribution < 1.29 is 17.9 Å². The van der Waals surface area contributed by atoms with Crippen molar-refractivity contribution in [2.75, 3.05) is 6.26 Å². The lowest BCUT2D eigenvalue weighted by molar-refractivity contribution is -0.0196. The molecule has 2 unspecified atom stereocenters. The molecule has 0 radical (unpaired) electrons. The minimum absolute atomic E-state index is 0.0504. The Labute approximate surface area is 145 Å². The molecule has 1 aliphatic carbocycles. The maximum Gasteiger partial charge on any atom is 0.244 e. The molecule has 4 nitrogen and oxygen atoms in total. The van der Waals surface area contributed by atoms with Crippen LogP contribution in [0.4, 0.5) is 0 Å². The average Bonchev–Trinajstić information content (AvgIpc) is 2.47. The summed E-state index contributed by atoms with van der Waals surface area (Å²) < 4.78 is 36.9. The number of hydrogen-bond donors (Lipinski definition) is 0. The highest BCUT2D eigenvalue weighted by Gasteiger charge is 2.48. The van der Waals surface area contributed by atoms with Gasteiger partial charge < -0.3 is 9.47 Å². The van der Waals surface area contributed by atoms with E-state index in [9.17, 15) is 8.42 Å². The first-order chi connectivity index (χ1) is 11.2. The second kappa shape index (κ2) is 7.11. The van der Waals surface area contributed by atoms with Crippen LogP contribution in [0.2, 0.25) is 0 Å². The molecule has 0 fully saturated rings. The van der Waals surface area contributed by atoms with Gasteiger partial charge in [0.15, 0.2) is 9.84 Å². The molecule has 0 amide bonds. The average molecular weight is 350 g/mol. The largest absolute Gasteiger partial charge is 0.491 e. The fourth-order valence-electron chi connectivity index (χ4n) is 2.75. The van der Waals surface area contributed by atoms with Crippen LogP contribution in [-0.4, -0.2) is 31.8 Å². The van der Waals surface area contributed by atoms with Gasteiger partial charge in [-0.1, -0.05) is 36.4 Å². The smallest absolute Gasteiger partial charge is 0.244 e. The van der Waals surface area contributed by atoms with Gasteiger partial charge in [0.05, 0.1) is 12.2 Å². The standard InChI is InChI=1S/C19H26O4S/c1-14(2)22-18-13-17(16-9-7-6-8-10-16)11-12-19(18,23-15(3)4)24(5,20)21/h6-15,17H,1-5H3. The van der Waals surface area contributed by atoms with Gasteiger partial charge in [-0.25, -0.2) is 8.42 Å². The van der Waals surface area contributed by atoms with E-state index in [-0.39, 0.29) is 18.1 Å². The van der Waals surface area contributed by atoms with Crippen molar-refractivity contribution in [1.29, 1.82) is 0 Å². The lowest BCUT2D eigenvalue weighted by Gasteiger charge is -2.37. The maximum absolute atomic E-state index is 12.6. The van der Waals surface area contributed by atoms with Crippen LogP contribution in [0.3, 0.4) is 0 Å². The summed E-state index contributed by atoms with van der Waals surface area (Å²) in [4.78, 5) is -1.57. The first kappa shape index (κ1) is 18.7. The van der Waals surface area contributed by atoms with Crippen LogP contribution in [0.15, 0.2) is 54.3 Å². The Balaban J connectivity index is 2.54. The van der Waals surface area contributed by atoms with Crippen LogP contribution in [0, 0.1) is 0 Å². The Kier molecular flexibility index (Phi) is 5.56. The summed E-state index contributed by atoms with van der Waals surface area (Å²) in [6.07, 6.45) is 6.09. The zero-order valence-electron chi connectivity index (χ0n) is 14.9. The van der Waals surface area contributed by atoms with Gasteiger partial charge in [-0.2, -0.15) is 0 Å². The highest BCUT2D eigenvalue weighted by molar-refractivity contribution is 7.92. The minimum Gasteiger partial charge on any atom is -0.491 e. The summed E-state index contributed by atoms with van der Waals surface area (Å²) in [5.74, 6) is 0.288. The molecule has 5 heteroatoms. The first-order valence-corrected chi connectivity index (χ1v) is 10.1. The van der Waals surface area contributed by atoms with Gasteiger partial charge in [0, 0.05) is 12.2 Å². The molecule has 1 aromatic carbocycles. The number of hydrogen-bond acceptors (Lipinski definition) is 4. The molecule has 1 aromatic rings. The summed E-state index contributed by atoms with van der Waals surface area (Å²) in [5, 5.41) is 0. The van der Waals surface area contributed by atoms with Crippen LogP contribution >= 0.6 is 0 Å². The van der Waals surface area contributed by atoms with Crippen molar-refractivity contribution in [2.45, 2.75) is 50.8 Å². The third kappa shape index (κ3) is 3.90. The fraction of sp³-hybridized carbons (Fsp3) is 0.474. The zero-order chi connectivity index (χ0) is 18.0. The molecule has 1 aliphatic rings. The summed E-state index contributed by atoms with van der Waals surface area (Å²) >= 11 is 0. The lowest BCUT2D eigenvalue weighted by Crippen LogP contribution is -2.45. The van der Waals surface area contributed by atoms with Crippen LogP contribution in [0.1, 0.15) is 39.2 Å². The maximum atomic E-state index is 12.6. The van der Waals surface area contributed by atoms with Gasteiger partial charge in [-0.3, -0.25) is 0 Å². The van der Waals surface area contributed by atoms with E-state index in [0.717, 1.165) is 5.56 Å². The Morgan fingerprint density at radius 2 is 1.67 bits per heavy atom. The first-order valence-electron chi connectivity index (χ1n) is 8.16. The molecule has 0 aromatic heterocycles. The van der Waals surface area contributed by atoms with E-state index in [1.165, 1.54) is 6.26 Å². The van der Waals surface area contributed by atoms with Crippen LogP contribution in [0.5, 0.6) is 0 Å². The monoisotopic (exact) mass is 350 g/mol. The van der Waals surface area contributed by atoms with Crippen LogP contribution < -0.4 is 0 Å². The molecule has 0 bridgehead atoms. The number of benzene rings is 1. The molecule has 0 spiro atoms. The quantitative estimate of drug-likeness (QED) is 0.732. The topological polar surface area (TPSA) is 52.6 Å². The van der Waals surface area contributed by atoms with Crippen molar-refractivity contribution in [3.8, 4) is 0 Å². The molecular formula is C19H26O4S. The van der Waals surface area contributed by atoms with Gasteiger partial charge in [-0.15, -0.1) is 0 Å². The number of allylic oxidation sites excluding steroid dienone is 2. The van der Waals surface area contributed by atoms with Crippen LogP contribution in [0.25, 0.3) is 0 Å². The van der Waals surface area contributed by atoms with Gasteiger partial charge in [0.1, 0.15) is 5.76 Å². The highest BCUT2D eigenvalue weighted by atomic mass is 32.2. The third-order valence-electron chi connectivity index (χ3n) is 3.71. The highest BCUT2D eigenvalue weighted by Crippen LogP contribution is 2.39. The van der Waals surface area contributed by atoms with Gasteiger partial charge in [0.25, 0.3) is 0 Å². The Hall–Kier alpha value is -1.59. The van der Waals surface area contributed by atoms with E-state index in [1.54, 1.807) is 6.08 Å². The predicted octanol–water partition coefficient (Wildman–Crippen LogP) is 3.81. The van der Waals surface area contributed by atoms with Gasteiger partial charge in [-0.05, 0) is 45.4 Å². The van der Waals surface area contributed by atoms with E-state index < -0.39 is 14.8 Å².